The minimum absolute atomic E-state index is 0.403. The van der Waals surface area contributed by atoms with Crippen LogP contribution in [0.5, 0.6) is 5.75 Å². The van der Waals surface area contributed by atoms with Crippen molar-refractivity contribution in [1.82, 2.24) is 0 Å². The van der Waals surface area contributed by atoms with E-state index in [0.717, 1.165) is 38.5 Å². The third kappa shape index (κ3) is 7.50. The molecule has 0 spiro atoms. The van der Waals surface area contributed by atoms with Crippen LogP contribution in [0, 0.1) is 0 Å². The van der Waals surface area contributed by atoms with Crippen LogP contribution in [0.4, 0.5) is 4.79 Å². The Morgan fingerprint density at radius 1 is 0.800 bits per heavy atom. The second-order valence-corrected chi connectivity index (χ2v) is 6.69. The summed E-state index contributed by atoms with van der Waals surface area (Å²) in [5.41, 5.74) is 4.05. The monoisotopic (exact) mass is 348 g/mol. The third-order valence-electron chi connectivity index (χ3n) is 4.46. The van der Waals surface area contributed by atoms with Crippen molar-refractivity contribution in [3.63, 3.8) is 0 Å². The van der Waals surface area contributed by atoms with Crippen molar-refractivity contribution >= 4 is 6.16 Å². The molecular weight excluding hydrogens is 312 g/mol. The maximum atomic E-state index is 11.9. The lowest BCUT2D eigenvalue weighted by Crippen LogP contribution is -2.14. The Kier molecular flexibility index (Phi) is 11.0. The molecule has 0 fully saturated rings. The zero-order valence-electron chi connectivity index (χ0n) is 16.7. The molecule has 0 saturated heterocycles. The van der Waals surface area contributed by atoms with Gasteiger partial charge in [-0.25, -0.2) is 4.79 Å². The Bertz CT molecular complexity index is 508. The summed E-state index contributed by atoms with van der Waals surface area (Å²) in [7, 11) is 0. The molecule has 0 heterocycles. The molecule has 0 bridgehead atoms. The zero-order chi connectivity index (χ0) is 18.5. The number of carbonyl (C=O) groups excluding carboxylic acids is 1. The van der Waals surface area contributed by atoms with E-state index >= 15 is 0 Å². The Hall–Kier alpha value is -1.51. The van der Waals surface area contributed by atoms with Gasteiger partial charge in [0, 0.05) is 0 Å². The van der Waals surface area contributed by atoms with E-state index in [1.165, 1.54) is 42.4 Å². The van der Waals surface area contributed by atoms with E-state index < -0.39 is 6.16 Å². The van der Waals surface area contributed by atoms with Crippen LogP contribution >= 0.6 is 0 Å². The summed E-state index contributed by atoms with van der Waals surface area (Å²) in [4.78, 5) is 11.9. The summed E-state index contributed by atoms with van der Waals surface area (Å²) in [5.74, 6) is 0.695. The van der Waals surface area contributed by atoms with E-state index in [0.29, 0.717) is 12.4 Å². The molecule has 1 rings (SSSR count). The lowest BCUT2D eigenvalue weighted by molar-refractivity contribution is 0.0987. The molecule has 0 radical (unpaired) electrons. The fraction of sp³-hybridized carbons (Fsp3) is 0.682. The van der Waals surface area contributed by atoms with Crippen LogP contribution in [0.3, 0.4) is 0 Å². The van der Waals surface area contributed by atoms with Crippen LogP contribution in [0.25, 0.3) is 0 Å². The molecule has 0 atom stereocenters. The van der Waals surface area contributed by atoms with E-state index in [4.69, 9.17) is 9.47 Å². The van der Waals surface area contributed by atoms with Gasteiger partial charge in [0.05, 0.1) is 6.61 Å². The van der Waals surface area contributed by atoms with Gasteiger partial charge in [0.2, 0.25) is 0 Å². The summed E-state index contributed by atoms with van der Waals surface area (Å²) < 4.78 is 10.7. The summed E-state index contributed by atoms with van der Waals surface area (Å²) >= 11 is 0. The lowest BCUT2D eigenvalue weighted by atomic mass is 9.90. The fourth-order valence-corrected chi connectivity index (χ4v) is 3.01. The zero-order valence-corrected chi connectivity index (χ0v) is 16.7. The van der Waals surface area contributed by atoms with Gasteiger partial charge in [-0.1, -0.05) is 53.0 Å². The number of carbonyl (C=O) groups is 1. The third-order valence-corrected chi connectivity index (χ3v) is 4.46. The second kappa shape index (κ2) is 12.8. The molecule has 0 aliphatic rings. The van der Waals surface area contributed by atoms with Crippen LogP contribution in [-0.4, -0.2) is 12.8 Å². The van der Waals surface area contributed by atoms with Crippen LogP contribution in [0.2, 0.25) is 0 Å². The number of aryl methyl sites for hydroxylation is 1. The SMILES string of the molecule is CCCCc1ccc(OC(=O)OCCC)c(CCCC)c1CCCC. The van der Waals surface area contributed by atoms with E-state index in [-0.39, 0.29) is 0 Å². The van der Waals surface area contributed by atoms with E-state index in [1.54, 1.807) is 0 Å². The number of benzene rings is 1. The van der Waals surface area contributed by atoms with Gasteiger partial charge in [0.25, 0.3) is 0 Å². The number of unbranched alkanes of at least 4 members (excludes halogenated alkanes) is 3. The standard InChI is InChI=1S/C22H36O3/c1-5-9-12-18-15-16-21(25-22(23)24-17-8-4)20(14-11-7-3)19(18)13-10-6-2/h15-16H,5-14,17H2,1-4H3. The molecule has 0 aliphatic carbocycles. The largest absolute Gasteiger partial charge is 0.513 e. The highest BCUT2D eigenvalue weighted by molar-refractivity contribution is 5.65. The van der Waals surface area contributed by atoms with E-state index in [1.807, 2.05) is 13.0 Å². The maximum absolute atomic E-state index is 11.9. The van der Waals surface area contributed by atoms with Gasteiger partial charge in [-0.3, -0.25) is 0 Å². The summed E-state index contributed by atoms with van der Waals surface area (Å²) in [6.45, 7) is 9.03. The minimum atomic E-state index is -0.581. The molecule has 0 N–H and O–H groups in total. The molecule has 25 heavy (non-hydrogen) atoms. The van der Waals surface area contributed by atoms with Crippen molar-refractivity contribution in [3.8, 4) is 5.75 Å². The smallest absolute Gasteiger partial charge is 0.434 e. The van der Waals surface area contributed by atoms with E-state index in [2.05, 4.69) is 26.8 Å². The molecule has 0 unspecified atom stereocenters. The van der Waals surface area contributed by atoms with Gasteiger partial charge in [0.15, 0.2) is 0 Å². The lowest BCUT2D eigenvalue weighted by Gasteiger charge is -2.18. The quantitative estimate of drug-likeness (QED) is 0.314. The predicted octanol–water partition coefficient (Wildman–Crippen LogP) is 6.64. The van der Waals surface area contributed by atoms with E-state index in [9.17, 15) is 4.79 Å². The van der Waals surface area contributed by atoms with Gasteiger partial charge in [-0.15, -0.1) is 0 Å². The minimum Gasteiger partial charge on any atom is -0.434 e. The normalized spacial score (nSPS) is 10.7. The number of hydrogen-bond acceptors (Lipinski definition) is 3. The Morgan fingerprint density at radius 3 is 2.00 bits per heavy atom. The maximum Gasteiger partial charge on any atom is 0.513 e. The molecular formula is C22H36O3. The molecule has 0 saturated carbocycles. The van der Waals surface area contributed by atoms with Crippen LogP contribution in [0.15, 0.2) is 12.1 Å². The molecule has 1 aromatic carbocycles. The van der Waals surface area contributed by atoms with Gasteiger partial charge in [-0.2, -0.15) is 0 Å². The van der Waals surface area contributed by atoms with Gasteiger partial charge in [-0.05, 0) is 67.7 Å². The molecule has 1 aromatic rings. The topological polar surface area (TPSA) is 35.5 Å². The van der Waals surface area contributed by atoms with Crippen LogP contribution in [0.1, 0.15) is 89.3 Å². The average Bonchev–Trinajstić information content (AvgIpc) is 2.62. The van der Waals surface area contributed by atoms with Crippen molar-refractivity contribution in [3.05, 3.63) is 28.8 Å². The Labute approximate surface area is 154 Å². The first kappa shape index (κ1) is 21.5. The van der Waals surface area contributed by atoms with Crippen molar-refractivity contribution in [1.29, 1.82) is 0 Å². The first-order valence-corrected chi connectivity index (χ1v) is 10.2. The molecule has 0 amide bonds. The van der Waals surface area contributed by atoms with Crippen LogP contribution in [-0.2, 0) is 24.0 Å². The summed E-state index contributed by atoms with van der Waals surface area (Å²) in [6, 6.07) is 4.12. The fourth-order valence-electron chi connectivity index (χ4n) is 3.01. The molecule has 3 heteroatoms. The second-order valence-electron chi connectivity index (χ2n) is 6.69. The molecule has 0 aromatic heterocycles. The number of ether oxygens (including phenoxy) is 2. The van der Waals surface area contributed by atoms with Crippen molar-refractivity contribution < 1.29 is 14.3 Å². The highest BCUT2D eigenvalue weighted by atomic mass is 16.7. The Morgan fingerprint density at radius 2 is 1.40 bits per heavy atom. The highest BCUT2D eigenvalue weighted by Gasteiger charge is 2.17. The predicted molar refractivity (Wildman–Crippen MR) is 105 cm³/mol. The average molecular weight is 349 g/mol. The number of hydrogen-bond donors (Lipinski definition) is 0. The molecule has 3 nitrogen and oxygen atoms in total. The summed E-state index contributed by atoms with van der Waals surface area (Å²) in [6.07, 6.45) is 10.3. The first-order valence-electron chi connectivity index (χ1n) is 10.2. The first-order chi connectivity index (χ1) is 12.2. The molecule has 142 valence electrons. The highest BCUT2D eigenvalue weighted by Crippen LogP contribution is 2.30. The van der Waals surface area contributed by atoms with Gasteiger partial charge in [0.1, 0.15) is 5.75 Å². The summed E-state index contributed by atoms with van der Waals surface area (Å²) in [5, 5.41) is 0. The van der Waals surface area contributed by atoms with Gasteiger partial charge < -0.3 is 9.47 Å². The Balaban J connectivity index is 3.13. The number of rotatable bonds is 12. The van der Waals surface area contributed by atoms with Crippen LogP contribution < -0.4 is 4.74 Å². The molecule has 0 aliphatic heterocycles. The van der Waals surface area contributed by atoms with Gasteiger partial charge >= 0.3 is 6.16 Å². The van der Waals surface area contributed by atoms with Crippen molar-refractivity contribution in [2.75, 3.05) is 6.61 Å². The van der Waals surface area contributed by atoms with Crippen molar-refractivity contribution in [2.24, 2.45) is 0 Å². The van der Waals surface area contributed by atoms with Crippen molar-refractivity contribution in [2.45, 2.75) is 91.9 Å².